The standard InChI is InChI=1S/C27H30ClN5O4/c1-3-23(34)32-12-5-4-6-19(15-32)33-25-21(7-8-22(24(25)28)37-20-10-13-36-16-20)30-27(33)31-26(35)18-9-11-29-17(2)14-18/h3,7-9,11,14,19-20H,1,4-6,10,12-13,15-16H2,2H3,(H,30,31,35)/t19-,20+/m1/s1. The van der Waals surface area contributed by atoms with Crippen molar-refractivity contribution in [2.45, 2.75) is 44.8 Å². The molecule has 0 unspecified atom stereocenters. The van der Waals surface area contributed by atoms with Crippen LogP contribution in [0.4, 0.5) is 5.95 Å². The molecule has 1 N–H and O–H groups in total. The van der Waals surface area contributed by atoms with Crippen molar-refractivity contribution >= 4 is 40.4 Å². The molecule has 4 heterocycles. The van der Waals surface area contributed by atoms with Gasteiger partial charge in [-0.1, -0.05) is 18.2 Å². The number of anilines is 1. The average Bonchev–Trinajstić information content (AvgIpc) is 3.46. The van der Waals surface area contributed by atoms with E-state index in [-0.39, 0.29) is 24.0 Å². The molecule has 5 rings (SSSR count). The Bertz CT molecular complexity index is 1330. The molecule has 0 radical (unpaired) electrons. The van der Waals surface area contributed by atoms with E-state index in [2.05, 4.69) is 16.9 Å². The lowest BCUT2D eigenvalue weighted by Crippen LogP contribution is -2.34. The van der Waals surface area contributed by atoms with Crippen molar-refractivity contribution in [3.05, 3.63) is 59.4 Å². The van der Waals surface area contributed by atoms with Gasteiger partial charge in [0.1, 0.15) is 16.9 Å². The molecular formula is C27H30ClN5O4. The Morgan fingerprint density at radius 1 is 1.27 bits per heavy atom. The van der Waals surface area contributed by atoms with Crippen molar-refractivity contribution in [2.24, 2.45) is 0 Å². The number of nitrogens with one attached hydrogen (secondary N) is 1. The maximum absolute atomic E-state index is 13.2. The molecule has 194 valence electrons. The highest BCUT2D eigenvalue weighted by Gasteiger charge is 2.29. The minimum absolute atomic E-state index is 0.0704. The molecule has 2 saturated heterocycles. The number of rotatable bonds is 6. The van der Waals surface area contributed by atoms with Crippen LogP contribution in [0, 0.1) is 6.92 Å². The molecular weight excluding hydrogens is 494 g/mol. The molecule has 10 heteroatoms. The first-order chi connectivity index (χ1) is 17.9. The van der Waals surface area contributed by atoms with E-state index in [9.17, 15) is 9.59 Å². The molecule has 2 aromatic heterocycles. The summed E-state index contributed by atoms with van der Waals surface area (Å²) in [6.45, 7) is 7.76. The normalized spacial score (nSPS) is 20.0. The predicted octanol–water partition coefficient (Wildman–Crippen LogP) is 4.55. The van der Waals surface area contributed by atoms with Crippen molar-refractivity contribution in [1.29, 1.82) is 0 Å². The number of ether oxygens (including phenoxy) is 2. The van der Waals surface area contributed by atoms with Crippen LogP contribution >= 0.6 is 11.6 Å². The number of fused-ring (bicyclic) bond motifs is 1. The third kappa shape index (κ3) is 5.33. The van der Waals surface area contributed by atoms with Crippen LogP contribution in [0.3, 0.4) is 0 Å². The predicted molar refractivity (Wildman–Crippen MR) is 141 cm³/mol. The molecule has 2 atom stereocenters. The Kier molecular flexibility index (Phi) is 7.43. The Morgan fingerprint density at radius 2 is 2.14 bits per heavy atom. The summed E-state index contributed by atoms with van der Waals surface area (Å²) in [7, 11) is 0. The SMILES string of the molecule is C=CC(=O)N1CCCC[C@@H](n2c(NC(=O)c3ccnc(C)c3)nc3ccc(O[C@H]4CCOC4)c(Cl)c32)C1. The lowest BCUT2D eigenvalue weighted by Gasteiger charge is -2.26. The minimum atomic E-state index is -0.301. The second-order valence-electron chi connectivity index (χ2n) is 9.43. The summed E-state index contributed by atoms with van der Waals surface area (Å²) < 4.78 is 13.6. The molecule has 2 aliphatic rings. The number of carbonyl (C=O) groups excluding carboxylic acids is 2. The van der Waals surface area contributed by atoms with Gasteiger partial charge in [-0.2, -0.15) is 0 Å². The number of likely N-dealkylation sites (tertiary alicyclic amines) is 1. The highest BCUT2D eigenvalue weighted by Crippen LogP contribution is 2.39. The molecule has 0 bridgehead atoms. The Hall–Kier alpha value is -3.43. The number of carbonyl (C=O) groups is 2. The molecule has 0 aliphatic carbocycles. The van der Waals surface area contributed by atoms with Gasteiger partial charge in [0.2, 0.25) is 11.9 Å². The van der Waals surface area contributed by atoms with Crippen molar-refractivity contribution < 1.29 is 19.1 Å². The maximum Gasteiger partial charge on any atom is 0.258 e. The van der Waals surface area contributed by atoms with E-state index >= 15 is 0 Å². The van der Waals surface area contributed by atoms with Crippen LogP contribution in [0.2, 0.25) is 5.02 Å². The monoisotopic (exact) mass is 523 g/mol. The molecule has 2 aliphatic heterocycles. The zero-order valence-corrected chi connectivity index (χ0v) is 21.5. The number of hydrogen-bond acceptors (Lipinski definition) is 6. The number of hydrogen-bond donors (Lipinski definition) is 1. The van der Waals surface area contributed by atoms with Crippen LogP contribution in [0.15, 0.2) is 43.1 Å². The second-order valence-corrected chi connectivity index (χ2v) is 9.81. The average molecular weight is 524 g/mol. The quantitative estimate of drug-likeness (QED) is 0.476. The summed E-state index contributed by atoms with van der Waals surface area (Å²) in [5, 5.41) is 3.40. The molecule has 1 aromatic carbocycles. The van der Waals surface area contributed by atoms with Gasteiger partial charge in [-0.05, 0) is 56.5 Å². The Morgan fingerprint density at radius 3 is 2.89 bits per heavy atom. The van der Waals surface area contributed by atoms with Crippen molar-refractivity contribution in [3.8, 4) is 5.75 Å². The van der Waals surface area contributed by atoms with Crippen LogP contribution in [0.5, 0.6) is 5.75 Å². The van der Waals surface area contributed by atoms with Gasteiger partial charge >= 0.3 is 0 Å². The number of aryl methyl sites for hydroxylation is 1. The summed E-state index contributed by atoms with van der Waals surface area (Å²) in [5.41, 5.74) is 2.51. The first kappa shape index (κ1) is 25.2. The molecule has 2 amide bonds. The highest BCUT2D eigenvalue weighted by molar-refractivity contribution is 6.36. The zero-order chi connectivity index (χ0) is 25.9. The molecule has 2 fully saturated rings. The number of nitrogens with zero attached hydrogens (tertiary/aromatic N) is 4. The van der Waals surface area contributed by atoms with E-state index in [0.717, 1.165) is 31.4 Å². The Balaban J connectivity index is 1.58. The largest absolute Gasteiger partial charge is 0.486 e. The van der Waals surface area contributed by atoms with Gasteiger partial charge in [0.05, 0.1) is 30.3 Å². The Labute approximate surface area is 220 Å². The summed E-state index contributed by atoms with van der Waals surface area (Å²) >= 11 is 6.95. The topological polar surface area (TPSA) is 98.6 Å². The van der Waals surface area contributed by atoms with Crippen LogP contribution in [-0.4, -0.2) is 63.7 Å². The zero-order valence-electron chi connectivity index (χ0n) is 20.8. The number of aromatic nitrogens is 3. The molecule has 3 aromatic rings. The smallest absolute Gasteiger partial charge is 0.258 e. The number of imidazole rings is 1. The van der Waals surface area contributed by atoms with E-state index < -0.39 is 0 Å². The molecule has 0 spiro atoms. The summed E-state index contributed by atoms with van der Waals surface area (Å²) in [4.78, 5) is 36.5. The number of amides is 2. The van der Waals surface area contributed by atoms with Gasteiger partial charge in [-0.3, -0.25) is 19.9 Å². The fourth-order valence-electron chi connectivity index (χ4n) is 4.97. The third-order valence-corrected chi connectivity index (χ3v) is 7.18. The summed E-state index contributed by atoms with van der Waals surface area (Å²) in [5.74, 6) is 0.493. The van der Waals surface area contributed by atoms with Crippen LogP contribution in [0.1, 0.15) is 47.8 Å². The van der Waals surface area contributed by atoms with E-state index in [1.807, 2.05) is 17.6 Å². The summed E-state index contributed by atoms with van der Waals surface area (Å²) in [6.07, 6.45) is 6.25. The third-order valence-electron chi connectivity index (χ3n) is 6.82. The lowest BCUT2D eigenvalue weighted by molar-refractivity contribution is -0.126. The van der Waals surface area contributed by atoms with E-state index in [1.54, 1.807) is 29.3 Å². The fourth-order valence-corrected chi connectivity index (χ4v) is 5.26. The lowest BCUT2D eigenvalue weighted by atomic mass is 10.1. The fraction of sp³-hybridized carbons (Fsp3) is 0.407. The van der Waals surface area contributed by atoms with Crippen LogP contribution in [-0.2, 0) is 9.53 Å². The molecule has 37 heavy (non-hydrogen) atoms. The number of benzene rings is 1. The van der Waals surface area contributed by atoms with Crippen molar-refractivity contribution in [2.75, 3.05) is 31.6 Å². The van der Waals surface area contributed by atoms with Crippen molar-refractivity contribution in [3.63, 3.8) is 0 Å². The number of pyridine rings is 1. The molecule has 0 saturated carbocycles. The van der Waals surface area contributed by atoms with Gasteiger partial charge in [0, 0.05) is 37.0 Å². The van der Waals surface area contributed by atoms with E-state index in [4.69, 9.17) is 26.1 Å². The van der Waals surface area contributed by atoms with Gasteiger partial charge in [-0.25, -0.2) is 4.98 Å². The minimum Gasteiger partial charge on any atom is -0.486 e. The van der Waals surface area contributed by atoms with E-state index in [1.165, 1.54) is 6.08 Å². The van der Waals surface area contributed by atoms with Crippen molar-refractivity contribution in [1.82, 2.24) is 19.4 Å². The second kappa shape index (κ2) is 10.9. The van der Waals surface area contributed by atoms with Gasteiger partial charge in [0.15, 0.2) is 0 Å². The maximum atomic E-state index is 13.2. The number of halogens is 1. The molecule has 9 nitrogen and oxygen atoms in total. The van der Waals surface area contributed by atoms with Gasteiger partial charge in [-0.15, -0.1) is 0 Å². The first-order valence-corrected chi connectivity index (χ1v) is 12.9. The van der Waals surface area contributed by atoms with E-state index in [0.29, 0.717) is 59.6 Å². The first-order valence-electron chi connectivity index (χ1n) is 12.5. The van der Waals surface area contributed by atoms with Crippen LogP contribution < -0.4 is 10.1 Å². The summed E-state index contributed by atoms with van der Waals surface area (Å²) in [6, 6.07) is 6.88. The van der Waals surface area contributed by atoms with Gasteiger partial charge in [0.25, 0.3) is 5.91 Å². The van der Waals surface area contributed by atoms with Gasteiger partial charge < -0.3 is 18.9 Å². The highest BCUT2D eigenvalue weighted by atomic mass is 35.5. The van der Waals surface area contributed by atoms with Crippen LogP contribution in [0.25, 0.3) is 11.0 Å².